The van der Waals surface area contributed by atoms with Gasteiger partial charge in [-0.25, -0.2) is 0 Å². The van der Waals surface area contributed by atoms with E-state index >= 15 is 0 Å². The number of likely N-dealkylation sites (tertiary alicyclic amines) is 1. The Morgan fingerprint density at radius 3 is 2.27 bits per heavy atom. The SMILES string of the molecule is CC(C)CC(C(=O)N1CCC2(CCC2N(C)C)CC1)N1CCN[C@@H](CC(C)C)C1=O. The predicted molar refractivity (Wildman–Crippen MR) is 121 cm³/mol. The monoisotopic (exact) mass is 420 g/mol. The summed E-state index contributed by atoms with van der Waals surface area (Å²) in [5.41, 5.74) is 0.404. The molecule has 3 atom stereocenters. The number of piperazine rings is 1. The van der Waals surface area contributed by atoms with Crippen LogP contribution in [0.3, 0.4) is 0 Å². The predicted octanol–water partition coefficient (Wildman–Crippen LogP) is 2.58. The molecule has 2 unspecified atom stereocenters. The van der Waals surface area contributed by atoms with Crippen LogP contribution in [-0.4, -0.2) is 84.9 Å². The first-order valence-electron chi connectivity index (χ1n) is 12.1. The Morgan fingerprint density at radius 1 is 1.10 bits per heavy atom. The summed E-state index contributed by atoms with van der Waals surface area (Å²) in [5.74, 6) is 1.13. The fraction of sp³-hybridized carbons (Fsp3) is 0.917. The minimum Gasteiger partial charge on any atom is -0.341 e. The Balaban J connectivity index is 1.68. The minimum absolute atomic E-state index is 0.120. The summed E-state index contributed by atoms with van der Waals surface area (Å²) in [6.07, 6.45) is 6.35. The second-order valence-corrected chi connectivity index (χ2v) is 11.0. The van der Waals surface area contributed by atoms with E-state index in [0.29, 0.717) is 29.8 Å². The number of carbonyl (C=O) groups excluding carboxylic acids is 2. The fourth-order valence-electron chi connectivity index (χ4n) is 5.98. The van der Waals surface area contributed by atoms with Gasteiger partial charge in [-0.2, -0.15) is 0 Å². The van der Waals surface area contributed by atoms with Crippen molar-refractivity contribution in [1.82, 2.24) is 20.0 Å². The molecule has 0 bridgehead atoms. The van der Waals surface area contributed by atoms with E-state index < -0.39 is 0 Å². The van der Waals surface area contributed by atoms with Gasteiger partial charge in [0.05, 0.1) is 6.04 Å². The van der Waals surface area contributed by atoms with E-state index in [4.69, 9.17) is 0 Å². The second-order valence-electron chi connectivity index (χ2n) is 11.0. The van der Waals surface area contributed by atoms with E-state index in [1.54, 1.807) is 0 Å². The molecule has 1 spiro atoms. The normalized spacial score (nSPS) is 27.8. The highest BCUT2D eigenvalue weighted by Gasteiger charge is 2.50. The van der Waals surface area contributed by atoms with Gasteiger partial charge in [-0.3, -0.25) is 9.59 Å². The second kappa shape index (κ2) is 9.56. The van der Waals surface area contributed by atoms with Gasteiger partial charge < -0.3 is 20.0 Å². The molecule has 6 nitrogen and oxygen atoms in total. The lowest BCUT2D eigenvalue weighted by atomic mass is 9.59. The van der Waals surface area contributed by atoms with Crippen molar-refractivity contribution in [2.24, 2.45) is 17.3 Å². The number of nitrogens with one attached hydrogen (secondary N) is 1. The van der Waals surface area contributed by atoms with Crippen LogP contribution >= 0.6 is 0 Å². The van der Waals surface area contributed by atoms with Crippen LogP contribution in [0.15, 0.2) is 0 Å². The van der Waals surface area contributed by atoms with E-state index in [1.165, 1.54) is 12.8 Å². The zero-order valence-electron chi connectivity index (χ0n) is 20.1. The van der Waals surface area contributed by atoms with Crippen molar-refractivity contribution in [3.05, 3.63) is 0 Å². The Hall–Kier alpha value is -1.14. The molecule has 2 heterocycles. The molecular weight excluding hydrogens is 376 g/mol. The molecule has 1 saturated carbocycles. The van der Waals surface area contributed by atoms with E-state index in [9.17, 15) is 9.59 Å². The standard InChI is InChI=1S/C24H44N4O2/c1-17(2)15-19-22(29)28(14-11-25-19)20(16-18(3)4)23(30)27-12-9-24(10-13-27)8-7-21(24)26(5)6/h17-21,25H,7-16H2,1-6H3/t19-,20?,21?/m0/s1. The largest absolute Gasteiger partial charge is 0.341 e. The molecule has 0 radical (unpaired) electrons. The van der Waals surface area contributed by atoms with Gasteiger partial charge in [0.1, 0.15) is 6.04 Å². The Bertz CT molecular complexity index is 610. The summed E-state index contributed by atoms with van der Waals surface area (Å²) in [6, 6.07) is 0.198. The zero-order chi connectivity index (χ0) is 22.1. The molecule has 3 aliphatic rings. The number of nitrogens with zero attached hydrogens (tertiary/aromatic N) is 3. The fourth-order valence-corrected chi connectivity index (χ4v) is 5.98. The summed E-state index contributed by atoms with van der Waals surface area (Å²) >= 11 is 0. The smallest absolute Gasteiger partial charge is 0.245 e. The van der Waals surface area contributed by atoms with Crippen molar-refractivity contribution in [3.63, 3.8) is 0 Å². The third-order valence-electron chi connectivity index (χ3n) is 7.70. The van der Waals surface area contributed by atoms with Crippen LogP contribution in [0, 0.1) is 17.3 Å². The maximum Gasteiger partial charge on any atom is 0.245 e. The quantitative estimate of drug-likeness (QED) is 0.688. The van der Waals surface area contributed by atoms with Crippen molar-refractivity contribution < 1.29 is 9.59 Å². The molecule has 0 aromatic heterocycles. The van der Waals surface area contributed by atoms with Crippen LogP contribution in [0.1, 0.15) is 66.2 Å². The summed E-state index contributed by atoms with van der Waals surface area (Å²) in [7, 11) is 4.37. The van der Waals surface area contributed by atoms with Gasteiger partial charge >= 0.3 is 0 Å². The van der Waals surface area contributed by atoms with Gasteiger partial charge in [0.25, 0.3) is 0 Å². The minimum atomic E-state index is -0.311. The molecule has 30 heavy (non-hydrogen) atoms. The molecule has 2 amide bonds. The third-order valence-corrected chi connectivity index (χ3v) is 7.70. The highest BCUT2D eigenvalue weighted by atomic mass is 16.2. The van der Waals surface area contributed by atoms with Gasteiger partial charge in [0.2, 0.25) is 11.8 Å². The highest BCUT2D eigenvalue weighted by molar-refractivity contribution is 5.90. The number of piperidine rings is 1. The molecule has 2 saturated heterocycles. The van der Waals surface area contributed by atoms with E-state index in [2.05, 4.69) is 56.9 Å². The average molecular weight is 421 g/mol. The maximum atomic E-state index is 13.6. The lowest BCUT2D eigenvalue weighted by Crippen LogP contribution is -2.63. The number of hydrogen-bond donors (Lipinski definition) is 1. The number of amides is 2. The molecule has 3 fully saturated rings. The summed E-state index contributed by atoms with van der Waals surface area (Å²) < 4.78 is 0. The van der Waals surface area contributed by atoms with Crippen LogP contribution in [0.2, 0.25) is 0 Å². The van der Waals surface area contributed by atoms with E-state index in [1.807, 2.05) is 4.90 Å². The molecule has 172 valence electrons. The van der Waals surface area contributed by atoms with Crippen LogP contribution in [0.5, 0.6) is 0 Å². The lowest BCUT2D eigenvalue weighted by Gasteiger charge is -2.56. The molecular formula is C24H44N4O2. The van der Waals surface area contributed by atoms with E-state index in [0.717, 1.165) is 45.3 Å². The first-order valence-corrected chi connectivity index (χ1v) is 12.1. The van der Waals surface area contributed by atoms with Gasteiger partial charge in [0.15, 0.2) is 0 Å². The van der Waals surface area contributed by atoms with Gasteiger partial charge in [-0.05, 0) is 69.9 Å². The van der Waals surface area contributed by atoms with Gasteiger partial charge in [-0.1, -0.05) is 27.7 Å². The first kappa shape index (κ1) is 23.5. The number of carbonyl (C=O) groups is 2. The third kappa shape index (κ3) is 4.85. The number of hydrogen-bond acceptors (Lipinski definition) is 4. The van der Waals surface area contributed by atoms with Crippen molar-refractivity contribution in [3.8, 4) is 0 Å². The van der Waals surface area contributed by atoms with Crippen LogP contribution in [0.4, 0.5) is 0 Å². The topological polar surface area (TPSA) is 55.9 Å². The lowest BCUT2D eigenvalue weighted by molar-refractivity contribution is -0.152. The van der Waals surface area contributed by atoms with Crippen molar-refractivity contribution in [1.29, 1.82) is 0 Å². The van der Waals surface area contributed by atoms with Crippen LogP contribution in [-0.2, 0) is 9.59 Å². The molecule has 2 aliphatic heterocycles. The summed E-state index contributed by atoms with van der Waals surface area (Å²) in [6.45, 7) is 11.7. The van der Waals surface area contributed by atoms with E-state index in [-0.39, 0.29) is 23.9 Å². The molecule has 6 heteroatoms. The van der Waals surface area contributed by atoms with Crippen LogP contribution < -0.4 is 5.32 Å². The summed E-state index contributed by atoms with van der Waals surface area (Å²) in [5, 5.41) is 3.38. The summed E-state index contributed by atoms with van der Waals surface area (Å²) in [4.78, 5) is 33.2. The maximum absolute atomic E-state index is 13.6. The molecule has 0 aromatic rings. The first-order chi connectivity index (χ1) is 14.1. The molecule has 3 rings (SSSR count). The molecule has 1 N–H and O–H groups in total. The van der Waals surface area contributed by atoms with Gasteiger partial charge in [-0.15, -0.1) is 0 Å². The Morgan fingerprint density at radius 2 is 1.77 bits per heavy atom. The molecule has 1 aliphatic carbocycles. The van der Waals surface area contributed by atoms with Crippen molar-refractivity contribution in [2.75, 3.05) is 40.3 Å². The van der Waals surface area contributed by atoms with Gasteiger partial charge in [0, 0.05) is 32.2 Å². The Kier molecular flexibility index (Phi) is 7.49. The van der Waals surface area contributed by atoms with Crippen LogP contribution in [0.25, 0.3) is 0 Å². The number of rotatable bonds is 7. The highest BCUT2D eigenvalue weighted by Crippen LogP contribution is 2.51. The zero-order valence-corrected chi connectivity index (χ0v) is 20.1. The Labute approximate surface area is 183 Å². The van der Waals surface area contributed by atoms with Crippen molar-refractivity contribution >= 4 is 11.8 Å². The average Bonchev–Trinajstić information content (AvgIpc) is 2.66. The molecule has 0 aromatic carbocycles. The van der Waals surface area contributed by atoms with Crippen molar-refractivity contribution in [2.45, 2.75) is 84.3 Å².